The van der Waals surface area contributed by atoms with Crippen molar-refractivity contribution < 1.29 is 4.79 Å². The molecule has 4 rings (SSSR count). The van der Waals surface area contributed by atoms with E-state index >= 15 is 0 Å². The maximum Gasteiger partial charge on any atom is 0.267 e. The van der Waals surface area contributed by atoms with Crippen LogP contribution in [0.4, 0.5) is 0 Å². The second kappa shape index (κ2) is 6.85. The molecule has 138 valence electrons. The standard InChI is InChI=1S/C19H23N3O2S2/c1-3-12(2)22-18(24)16(26-19(22)25)11-20-8-13-7-14(10-20)15-5-4-6-17(23)21(15)9-13/h4-6,11-14H,3,7-10H2,1-2H3/b16-11-/t12?,13-,14+/m1/s1. The minimum Gasteiger partial charge on any atom is -0.375 e. The number of thiocarbonyl (C=S) groups is 1. The number of carbonyl (C=O) groups is 1. The number of hydrogen-bond donors (Lipinski definition) is 0. The molecule has 3 aliphatic heterocycles. The topological polar surface area (TPSA) is 45.6 Å². The first-order valence-electron chi connectivity index (χ1n) is 9.19. The van der Waals surface area contributed by atoms with Gasteiger partial charge in [-0.1, -0.05) is 37.0 Å². The number of nitrogens with zero attached hydrogens (tertiary/aromatic N) is 3. The number of hydrogen-bond acceptors (Lipinski definition) is 5. The first-order valence-corrected chi connectivity index (χ1v) is 10.4. The van der Waals surface area contributed by atoms with Gasteiger partial charge < -0.3 is 9.47 Å². The predicted octanol–water partition coefficient (Wildman–Crippen LogP) is 2.77. The van der Waals surface area contributed by atoms with Gasteiger partial charge in [-0.05, 0) is 31.7 Å². The van der Waals surface area contributed by atoms with Crippen molar-refractivity contribution in [2.45, 2.75) is 45.2 Å². The molecule has 3 atom stereocenters. The molecule has 0 aliphatic carbocycles. The zero-order valence-corrected chi connectivity index (χ0v) is 16.7. The average molecular weight is 390 g/mol. The van der Waals surface area contributed by atoms with E-state index in [2.05, 4.69) is 17.9 Å². The van der Waals surface area contributed by atoms with E-state index in [-0.39, 0.29) is 17.5 Å². The lowest BCUT2D eigenvalue weighted by Crippen LogP contribution is -2.45. The van der Waals surface area contributed by atoms with Gasteiger partial charge in [-0.2, -0.15) is 0 Å². The highest BCUT2D eigenvalue weighted by Crippen LogP contribution is 2.37. The van der Waals surface area contributed by atoms with Gasteiger partial charge in [-0.3, -0.25) is 14.5 Å². The fraction of sp³-hybridized carbons (Fsp3) is 0.526. The van der Waals surface area contributed by atoms with Gasteiger partial charge in [0.15, 0.2) is 0 Å². The number of aromatic nitrogens is 1. The Kier molecular flexibility index (Phi) is 4.69. The smallest absolute Gasteiger partial charge is 0.267 e. The zero-order chi connectivity index (χ0) is 18.4. The van der Waals surface area contributed by atoms with Crippen LogP contribution < -0.4 is 5.56 Å². The predicted molar refractivity (Wildman–Crippen MR) is 108 cm³/mol. The van der Waals surface area contributed by atoms with Crippen LogP contribution in [-0.4, -0.2) is 43.7 Å². The molecule has 2 fully saturated rings. The molecule has 1 unspecified atom stereocenters. The zero-order valence-electron chi connectivity index (χ0n) is 15.1. The van der Waals surface area contributed by atoms with Gasteiger partial charge in [0.2, 0.25) is 0 Å². The molecule has 1 amide bonds. The Hall–Kier alpha value is -1.60. The fourth-order valence-corrected chi connectivity index (χ4v) is 5.71. The Morgan fingerprint density at radius 2 is 2.12 bits per heavy atom. The molecule has 1 aromatic rings. The Morgan fingerprint density at radius 1 is 1.31 bits per heavy atom. The summed E-state index contributed by atoms with van der Waals surface area (Å²) in [5, 5.41) is 0. The molecule has 3 aliphatic rings. The SMILES string of the molecule is CCC(C)N1C(=O)/C(=C/N2C[C@H]3C[C@@H](C2)c2cccc(=O)n2C3)SC1=S. The quantitative estimate of drug-likeness (QED) is 0.588. The number of likely N-dealkylation sites (tertiary alicyclic amines) is 1. The number of carbonyl (C=O) groups excluding carboxylic acids is 1. The van der Waals surface area contributed by atoms with Gasteiger partial charge in [0.05, 0.1) is 4.91 Å². The molecule has 2 bridgehead atoms. The first kappa shape index (κ1) is 17.8. The van der Waals surface area contributed by atoms with E-state index in [0.717, 1.165) is 43.1 Å². The lowest BCUT2D eigenvalue weighted by Gasteiger charge is -2.42. The first-order chi connectivity index (χ1) is 12.5. The Morgan fingerprint density at radius 3 is 2.88 bits per heavy atom. The monoisotopic (exact) mass is 389 g/mol. The summed E-state index contributed by atoms with van der Waals surface area (Å²) in [6, 6.07) is 5.69. The van der Waals surface area contributed by atoms with Crippen molar-refractivity contribution in [2.75, 3.05) is 13.1 Å². The summed E-state index contributed by atoms with van der Waals surface area (Å²) in [5.74, 6) is 0.811. The summed E-state index contributed by atoms with van der Waals surface area (Å²) in [6.07, 6.45) is 4.00. The van der Waals surface area contributed by atoms with Crippen LogP contribution >= 0.6 is 24.0 Å². The minimum absolute atomic E-state index is 0.0294. The van der Waals surface area contributed by atoms with E-state index in [1.54, 1.807) is 11.0 Å². The molecule has 0 saturated carbocycles. The van der Waals surface area contributed by atoms with Crippen molar-refractivity contribution >= 4 is 34.2 Å². The van der Waals surface area contributed by atoms with Crippen LogP contribution in [-0.2, 0) is 11.3 Å². The number of fused-ring (bicyclic) bond motifs is 4. The lowest BCUT2D eigenvalue weighted by atomic mass is 9.83. The van der Waals surface area contributed by atoms with E-state index in [0.29, 0.717) is 16.2 Å². The number of piperidine rings is 1. The molecule has 4 heterocycles. The summed E-state index contributed by atoms with van der Waals surface area (Å²) in [4.78, 5) is 29.6. The summed E-state index contributed by atoms with van der Waals surface area (Å²) >= 11 is 6.83. The summed E-state index contributed by atoms with van der Waals surface area (Å²) < 4.78 is 2.59. The van der Waals surface area contributed by atoms with Crippen molar-refractivity contribution in [2.24, 2.45) is 5.92 Å². The maximum atomic E-state index is 12.8. The number of amides is 1. The van der Waals surface area contributed by atoms with Crippen molar-refractivity contribution in [3.63, 3.8) is 0 Å². The Labute approximate surface area is 163 Å². The van der Waals surface area contributed by atoms with Gasteiger partial charge in [-0.25, -0.2) is 0 Å². The van der Waals surface area contributed by atoms with Gasteiger partial charge in [0.1, 0.15) is 4.32 Å². The molecular formula is C19H23N3O2S2. The third-order valence-corrected chi connectivity index (χ3v) is 6.98. The summed E-state index contributed by atoms with van der Waals surface area (Å²) in [7, 11) is 0. The molecule has 7 heteroatoms. The van der Waals surface area contributed by atoms with Crippen LogP contribution in [0.3, 0.4) is 0 Å². The molecule has 2 saturated heterocycles. The van der Waals surface area contributed by atoms with E-state index in [1.165, 1.54) is 11.8 Å². The molecule has 1 aromatic heterocycles. The number of pyridine rings is 1. The molecule has 26 heavy (non-hydrogen) atoms. The van der Waals surface area contributed by atoms with E-state index < -0.39 is 0 Å². The van der Waals surface area contributed by atoms with Crippen LogP contribution in [0.2, 0.25) is 0 Å². The maximum absolute atomic E-state index is 12.8. The second-order valence-corrected chi connectivity index (χ2v) is 9.12. The third-order valence-electron chi connectivity index (χ3n) is 5.66. The number of rotatable bonds is 3. The Bertz CT molecular complexity index is 847. The van der Waals surface area contributed by atoms with Crippen molar-refractivity contribution in [1.82, 2.24) is 14.4 Å². The van der Waals surface area contributed by atoms with Crippen molar-refractivity contribution in [1.29, 1.82) is 0 Å². The van der Waals surface area contributed by atoms with Gasteiger partial charge in [0, 0.05) is 49.6 Å². The lowest BCUT2D eigenvalue weighted by molar-refractivity contribution is -0.123. The molecule has 5 nitrogen and oxygen atoms in total. The van der Waals surface area contributed by atoms with Crippen LogP contribution in [0.25, 0.3) is 0 Å². The minimum atomic E-state index is 0.0294. The molecule has 0 spiro atoms. The van der Waals surface area contributed by atoms with Crippen LogP contribution in [0.1, 0.15) is 38.3 Å². The normalized spacial score (nSPS) is 27.8. The van der Waals surface area contributed by atoms with E-state index in [4.69, 9.17) is 12.2 Å². The molecular weight excluding hydrogens is 366 g/mol. The fourth-order valence-electron chi connectivity index (χ4n) is 4.24. The van der Waals surface area contributed by atoms with Gasteiger partial charge >= 0.3 is 0 Å². The largest absolute Gasteiger partial charge is 0.375 e. The Balaban J connectivity index is 1.56. The van der Waals surface area contributed by atoms with E-state index in [1.807, 2.05) is 23.8 Å². The average Bonchev–Trinajstić information content (AvgIpc) is 2.89. The van der Waals surface area contributed by atoms with Crippen LogP contribution in [0.5, 0.6) is 0 Å². The highest BCUT2D eigenvalue weighted by atomic mass is 32.2. The highest BCUT2D eigenvalue weighted by Gasteiger charge is 2.37. The van der Waals surface area contributed by atoms with Crippen LogP contribution in [0, 0.1) is 5.92 Å². The molecule has 0 radical (unpaired) electrons. The number of thioether (sulfide) groups is 1. The van der Waals surface area contributed by atoms with Crippen LogP contribution in [0.15, 0.2) is 34.1 Å². The molecule has 0 N–H and O–H groups in total. The van der Waals surface area contributed by atoms with Crippen molar-refractivity contribution in [3.8, 4) is 0 Å². The molecule has 0 aromatic carbocycles. The van der Waals surface area contributed by atoms with E-state index in [9.17, 15) is 9.59 Å². The summed E-state index contributed by atoms with van der Waals surface area (Å²) in [6.45, 7) is 6.59. The summed E-state index contributed by atoms with van der Waals surface area (Å²) in [5.41, 5.74) is 1.22. The second-order valence-electron chi connectivity index (χ2n) is 7.45. The third kappa shape index (κ3) is 3.01. The van der Waals surface area contributed by atoms with Gasteiger partial charge in [-0.15, -0.1) is 0 Å². The highest BCUT2D eigenvalue weighted by molar-refractivity contribution is 8.26. The van der Waals surface area contributed by atoms with Crippen molar-refractivity contribution in [3.05, 3.63) is 45.4 Å². The van der Waals surface area contributed by atoms with Gasteiger partial charge in [0.25, 0.3) is 11.5 Å².